The molecule has 1 saturated carbocycles. The van der Waals surface area contributed by atoms with E-state index in [9.17, 15) is 0 Å². The van der Waals surface area contributed by atoms with Crippen molar-refractivity contribution in [1.82, 2.24) is 5.32 Å². The molecule has 14 heavy (non-hydrogen) atoms. The molecule has 0 radical (unpaired) electrons. The second-order valence-electron chi connectivity index (χ2n) is 4.93. The minimum Gasteiger partial charge on any atom is -0.370 e. The van der Waals surface area contributed by atoms with Crippen molar-refractivity contribution in [3.63, 3.8) is 0 Å². The monoisotopic (exact) mass is 197 g/mol. The first-order valence-electron chi connectivity index (χ1n) is 6.17. The van der Waals surface area contributed by atoms with E-state index in [1.54, 1.807) is 0 Å². The van der Waals surface area contributed by atoms with Crippen LogP contribution in [-0.4, -0.2) is 25.3 Å². The highest BCUT2D eigenvalue weighted by Gasteiger charge is 2.39. The van der Waals surface area contributed by atoms with Gasteiger partial charge < -0.3 is 10.1 Å². The summed E-state index contributed by atoms with van der Waals surface area (Å²) in [5, 5.41) is 3.22. The maximum Gasteiger partial charge on any atom is 0.0707 e. The zero-order valence-corrected chi connectivity index (χ0v) is 9.35. The van der Waals surface area contributed by atoms with E-state index in [4.69, 9.17) is 4.74 Å². The van der Waals surface area contributed by atoms with Gasteiger partial charge in [-0.2, -0.15) is 0 Å². The van der Waals surface area contributed by atoms with E-state index in [0.29, 0.717) is 6.10 Å². The molecular weight excluding hydrogens is 174 g/mol. The molecule has 1 aliphatic heterocycles. The fraction of sp³-hybridized carbons (Fsp3) is 1.00. The molecule has 0 amide bonds. The molecule has 1 spiro atoms. The SMILES string of the molecule is CNCC1CCC2(CCCCCC2)O1. The van der Waals surface area contributed by atoms with Gasteiger partial charge in [0.2, 0.25) is 0 Å². The first kappa shape index (κ1) is 10.4. The Morgan fingerprint density at radius 1 is 1.14 bits per heavy atom. The molecule has 2 rings (SSSR count). The third kappa shape index (κ3) is 2.29. The Morgan fingerprint density at radius 2 is 1.86 bits per heavy atom. The lowest BCUT2D eigenvalue weighted by atomic mass is 9.91. The Balaban J connectivity index is 1.89. The topological polar surface area (TPSA) is 21.3 Å². The van der Waals surface area contributed by atoms with Gasteiger partial charge in [0, 0.05) is 6.54 Å². The van der Waals surface area contributed by atoms with Crippen molar-refractivity contribution in [2.75, 3.05) is 13.6 Å². The van der Waals surface area contributed by atoms with Gasteiger partial charge in [-0.1, -0.05) is 25.7 Å². The molecule has 1 aliphatic carbocycles. The van der Waals surface area contributed by atoms with Gasteiger partial charge in [0.05, 0.1) is 11.7 Å². The smallest absolute Gasteiger partial charge is 0.0707 e. The Kier molecular flexibility index (Phi) is 3.45. The van der Waals surface area contributed by atoms with Crippen LogP contribution in [0.25, 0.3) is 0 Å². The number of nitrogens with one attached hydrogen (secondary N) is 1. The summed E-state index contributed by atoms with van der Waals surface area (Å²) in [7, 11) is 2.02. The average Bonchev–Trinajstić information content (AvgIpc) is 2.43. The molecule has 2 fully saturated rings. The zero-order chi connectivity index (χ0) is 9.86. The Bertz CT molecular complexity index is 173. The molecule has 1 saturated heterocycles. The predicted octanol–water partition coefficient (Wildman–Crippen LogP) is 2.48. The molecule has 2 heteroatoms. The summed E-state index contributed by atoms with van der Waals surface area (Å²) < 4.78 is 6.25. The second-order valence-corrected chi connectivity index (χ2v) is 4.93. The molecular formula is C12H23NO. The van der Waals surface area contributed by atoms with Gasteiger partial charge in [0.1, 0.15) is 0 Å². The lowest BCUT2D eigenvalue weighted by Gasteiger charge is -2.28. The van der Waals surface area contributed by atoms with Gasteiger partial charge in [-0.3, -0.25) is 0 Å². The molecule has 0 aromatic rings. The fourth-order valence-electron chi connectivity index (χ4n) is 3.01. The number of ether oxygens (including phenoxy) is 1. The normalized spacial score (nSPS) is 31.9. The molecule has 0 bridgehead atoms. The lowest BCUT2D eigenvalue weighted by Crippen LogP contribution is -2.31. The largest absolute Gasteiger partial charge is 0.370 e. The van der Waals surface area contributed by atoms with Crippen molar-refractivity contribution >= 4 is 0 Å². The summed E-state index contributed by atoms with van der Waals surface area (Å²) in [6.07, 6.45) is 11.3. The maximum atomic E-state index is 6.25. The highest BCUT2D eigenvalue weighted by Crippen LogP contribution is 2.40. The van der Waals surface area contributed by atoms with Crippen molar-refractivity contribution < 1.29 is 4.74 Å². The summed E-state index contributed by atoms with van der Waals surface area (Å²) in [5.74, 6) is 0. The van der Waals surface area contributed by atoms with Gasteiger partial charge in [0.25, 0.3) is 0 Å². The van der Waals surface area contributed by atoms with E-state index in [1.165, 1.54) is 51.4 Å². The third-order valence-corrected chi connectivity index (χ3v) is 3.79. The summed E-state index contributed by atoms with van der Waals surface area (Å²) in [4.78, 5) is 0. The molecule has 1 unspecified atom stereocenters. The molecule has 0 aromatic heterocycles. The minimum absolute atomic E-state index is 0.290. The molecule has 1 heterocycles. The first-order valence-corrected chi connectivity index (χ1v) is 6.17. The van der Waals surface area contributed by atoms with E-state index in [1.807, 2.05) is 7.05 Å². The van der Waals surface area contributed by atoms with Crippen LogP contribution in [0, 0.1) is 0 Å². The van der Waals surface area contributed by atoms with Gasteiger partial charge in [-0.25, -0.2) is 0 Å². The molecule has 0 aromatic carbocycles. The summed E-state index contributed by atoms with van der Waals surface area (Å²) in [6, 6.07) is 0. The summed E-state index contributed by atoms with van der Waals surface area (Å²) in [6.45, 7) is 1.03. The van der Waals surface area contributed by atoms with Gasteiger partial charge in [-0.05, 0) is 32.7 Å². The van der Waals surface area contributed by atoms with Crippen LogP contribution in [0.5, 0.6) is 0 Å². The Labute approximate surface area is 87.4 Å². The Hall–Kier alpha value is -0.0800. The van der Waals surface area contributed by atoms with Crippen molar-refractivity contribution in [2.24, 2.45) is 0 Å². The lowest BCUT2D eigenvalue weighted by molar-refractivity contribution is -0.0490. The van der Waals surface area contributed by atoms with Crippen molar-refractivity contribution in [2.45, 2.75) is 63.1 Å². The molecule has 1 atom stereocenters. The van der Waals surface area contributed by atoms with Crippen LogP contribution in [0.15, 0.2) is 0 Å². The van der Waals surface area contributed by atoms with Crippen LogP contribution in [0.3, 0.4) is 0 Å². The fourth-order valence-corrected chi connectivity index (χ4v) is 3.01. The summed E-state index contributed by atoms with van der Waals surface area (Å²) >= 11 is 0. The standard InChI is InChI=1S/C12H23NO/c1-13-10-11-6-9-12(14-11)7-4-2-3-5-8-12/h11,13H,2-10H2,1H3. The number of hydrogen-bond acceptors (Lipinski definition) is 2. The van der Waals surface area contributed by atoms with E-state index in [-0.39, 0.29) is 5.60 Å². The van der Waals surface area contributed by atoms with Crippen molar-refractivity contribution in [3.05, 3.63) is 0 Å². The van der Waals surface area contributed by atoms with Gasteiger partial charge in [-0.15, -0.1) is 0 Å². The van der Waals surface area contributed by atoms with Crippen LogP contribution < -0.4 is 5.32 Å². The molecule has 1 N–H and O–H groups in total. The van der Waals surface area contributed by atoms with Crippen molar-refractivity contribution in [1.29, 1.82) is 0 Å². The number of likely N-dealkylation sites (N-methyl/N-ethyl adjacent to an activating group) is 1. The first-order chi connectivity index (χ1) is 6.85. The van der Waals surface area contributed by atoms with Crippen LogP contribution in [0.4, 0.5) is 0 Å². The van der Waals surface area contributed by atoms with E-state index >= 15 is 0 Å². The highest BCUT2D eigenvalue weighted by molar-refractivity contribution is 4.90. The maximum absolute atomic E-state index is 6.25. The van der Waals surface area contributed by atoms with Crippen molar-refractivity contribution in [3.8, 4) is 0 Å². The average molecular weight is 197 g/mol. The number of rotatable bonds is 2. The van der Waals surface area contributed by atoms with E-state index in [2.05, 4.69) is 5.32 Å². The zero-order valence-electron chi connectivity index (χ0n) is 9.35. The molecule has 82 valence electrons. The van der Waals surface area contributed by atoms with Crippen LogP contribution >= 0.6 is 0 Å². The van der Waals surface area contributed by atoms with E-state index in [0.717, 1.165) is 6.54 Å². The predicted molar refractivity (Wildman–Crippen MR) is 58.5 cm³/mol. The highest BCUT2D eigenvalue weighted by atomic mass is 16.5. The van der Waals surface area contributed by atoms with Crippen LogP contribution in [-0.2, 0) is 4.74 Å². The third-order valence-electron chi connectivity index (χ3n) is 3.79. The quantitative estimate of drug-likeness (QED) is 0.734. The van der Waals surface area contributed by atoms with Gasteiger partial charge >= 0.3 is 0 Å². The molecule has 2 aliphatic rings. The second kappa shape index (κ2) is 4.63. The van der Waals surface area contributed by atoms with E-state index < -0.39 is 0 Å². The number of hydrogen-bond donors (Lipinski definition) is 1. The summed E-state index contributed by atoms with van der Waals surface area (Å²) in [5.41, 5.74) is 0.290. The molecule has 2 nitrogen and oxygen atoms in total. The van der Waals surface area contributed by atoms with Crippen LogP contribution in [0.1, 0.15) is 51.4 Å². The minimum atomic E-state index is 0.290. The van der Waals surface area contributed by atoms with Gasteiger partial charge in [0.15, 0.2) is 0 Å². The van der Waals surface area contributed by atoms with Crippen LogP contribution in [0.2, 0.25) is 0 Å². The Morgan fingerprint density at radius 3 is 2.50 bits per heavy atom.